The Morgan fingerprint density at radius 1 is 1.41 bits per heavy atom. The number of carbonyl (C=O) groups excluding carboxylic acids is 1. The second-order valence-corrected chi connectivity index (χ2v) is 5.42. The molecule has 1 rings (SSSR count). The Morgan fingerprint density at radius 2 is 2.18 bits per heavy atom. The van der Waals surface area contributed by atoms with Crippen LogP contribution in [0.15, 0.2) is 0 Å². The van der Waals surface area contributed by atoms with Crippen LogP contribution in [0.3, 0.4) is 0 Å². The van der Waals surface area contributed by atoms with E-state index < -0.39 is 0 Å². The molecule has 0 radical (unpaired) electrons. The fraction of sp³-hybridized carbons (Fsp3) is 0.929. The number of hydrogen-bond acceptors (Lipinski definition) is 2. The van der Waals surface area contributed by atoms with Crippen LogP contribution in [0.5, 0.6) is 0 Å². The van der Waals surface area contributed by atoms with Crippen molar-refractivity contribution in [1.29, 1.82) is 0 Å². The molecular weight excluding hydrogens is 212 g/mol. The lowest BCUT2D eigenvalue weighted by Gasteiger charge is -2.31. The van der Waals surface area contributed by atoms with Crippen LogP contribution in [0, 0.1) is 11.8 Å². The van der Waals surface area contributed by atoms with Gasteiger partial charge in [-0.2, -0.15) is 0 Å². The second-order valence-electron chi connectivity index (χ2n) is 5.42. The maximum Gasteiger partial charge on any atom is 0.225 e. The third-order valence-corrected chi connectivity index (χ3v) is 3.93. The zero-order valence-electron chi connectivity index (χ0n) is 11.5. The molecule has 0 saturated heterocycles. The number of nitrogens with two attached hydrogens (primary N) is 1. The monoisotopic (exact) mass is 240 g/mol. The summed E-state index contributed by atoms with van der Waals surface area (Å²) in [7, 11) is 1.95. The van der Waals surface area contributed by atoms with E-state index >= 15 is 0 Å². The molecule has 17 heavy (non-hydrogen) atoms. The first kappa shape index (κ1) is 14.5. The standard InChI is InChI=1S/C14H28N2O/c1-3-4-10-16(2)14(17)13-7-5-6-12(11-13)8-9-15/h12-13H,3-11,15H2,1-2H3. The van der Waals surface area contributed by atoms with E-state index in [1.807, 2.05) is 11.9 Å². The quantitative estimate of drug-likeness (QED) is 0.775. The Balaban J connectivity index is 2.39. The van der Waals surface area contributed by atoms with Gasteiger partial charge in [-0.15, -0.1) is 0 Å². The summed E-state index contributed by atoms with van der Waals surface area (Å²) in [6.45, 7) is 3.83. The zero-order chi connectivity index (χ0) is 12.7. The molecule has 3 heteroatoms. The summed E-state index contributed by atoms with van der Waals surface area (Å²) in [6.07, 6.45) is 7.95. The molecule has 2 unspecified atom stereocenters. The number of rotatable bonds is 6. The van der Waals surface area contributed by atoms with E-state index in [2.05, 4.69) is 6.92 Å². The van der Waals surface area contributed by atoms with Gasteiger partial charge in [0.25, 0.3) is 0 Å². The molecule has 0 aliphatic heterocycles. The van der Waals surface area contributed by atoms with Gasteiger partial charge in [-0.25, -0.2) is 0 Å². The minimum atomic E-state index is 0.266. The van der Waals surface area contributed by atoms with E-state index in [-0.39, 0.29) is 5.92 Å². The molecule has 100 valence electrons. The largest absolute Gasteiger partial charge is 0.346 e. The summed E-state index contributed by atoms with van der Waals surface area (Å²) in [6, 6.07) is 0. The molecule has 2 atom stereocenters. The van der Waals surface area contributed by atoms with E-state index in [0.717, 1.165) is 45.2 Å². The third kappa shape index (κ3) is 4.66. The van der Waals surface area contributed by atoms with Crippen LogP contribution in [0.1, 0.15) is 51.9 Å². The topological polar surface area (TPSA) is 46.3 Å². The predicted molar refractivity (Wildman–Crippen MR) is 71.7 cm³/mol. The molecule has 0 aromatic heterocycles. The average molecular weight is 240 g/mol. The zero-order valence-corrected chi connectivity index (χ0v) is 11.5. The van der Waals surface area contributed by atoms with Gasteiger partial charge < -0.3 is 10.6 Å². The number of carbonyl (C=O) groups is 1. The van der Waals surface area contributed by atoms with Crippen molar-refractivity contribution in [2.75, 3.05) is 20.1 Å². The molecule has 1 fully saturated rings. The molecule has 0 aromatic rings. The van der Waals surface area contributed by atoms with E-state index in [1.54, 1.807) is 0 Å². The van der Waals surface area contributed by atoms with Crippen molar-refractivity contribution in [2.45, 2.75) is 51.9 Å². The summed E-state index contributed by atoms with van der Waals surface area (Å²) in [5.74, 6) is 1.31. The number of amides is 1. The maximum absolute atomic E-state index is 12.2. The van der Waals surface area contributed by atoms with Gasteiger partial charge >= 0.3 is 0 Å². The Bertz CT molecular complexity index is 228. The van der Waals surface area contributed by atoms with Crippen LogP contribution in [-0.2, 0) is 4.79 Å². The van der Waals surface area contributed by atoms with Gasteiger partial charge in [0.15, 0.2) is 0 Å². The van der Waals surface area contributed by atoms with Crippen LogP contribution in [0.25, 0.3) is 0 Å². The van der Waals surface area contributed by atoms with Crippen LogP contribution >= 0.6 is 0 Å². The highest BCUT2D eigenvalue weighted by atomic mass is 16.2. The van der Waals surface area contributed by atoms with Crippen LogP contribution < -0.4 is 5.73 Å². The van der Waals surface area contributed by atoms with Crippen molar-refractivity contribution >= 4 is 5.91 Å². The fourth-order valence-corrected chi connectivity index (χ4v) is 2.83. The smallest absolute Gasteiger partial charge is 0.225 e. The lowest BCUT2D eigenvalue weighted by molar-refractivity contribution is -0.135. The Kier molecular flexibility index (Phi) is 6.56. The predicted octanol–water partition coefficient (Wildman–Crippen LogP) is 2.40. The summed E-state index contributed by atoms with van der Waals surface area (Å²) in [5, 5.41) is 0. The Hall–Kier alpha value is -0.570. The molecule has 0 aromatic carbocycles. The third-order valence-electron chi connectivity index (χ3n) is 3.93. The first-order valence-corrected chi connectivity index (χ1v) is 7.14. The van der Waals surface area contributed by atoms with Crippen molar-refractivity contribution < 1.29 is 4.79 Å². The summed E-state index contributed by atoms with van der Waals surface area (Å²) < 4.78 is 0. The van der Waals surface area contributed by atoms with Gasteiger partial charge in [-0.3, -0.25) is 4.79 Å². The van der Waals surface area contributed by atoms with Crippen molar-refractivity contribution in [3.05, 3.63) is 0 Å². The van der Waals surface area contributed by atoms with Crippen LogP contribution in [0.2, 0.25) is 0 Å². The highest BCUT2D eigenvalue weighted by Gasteiger charge is 2.28. The van der Waals surface area contributed by atoms with E-state index in [4.69, 9.17) is 5.73 Å². The highest BCUT2D eigenvalue weighted by molar-refractivity contribution is 5.78. The molecule has 1 aliphatic rings. The van der Waals surface area contributed by atoms with E-state index in [0.29, 0.717) is 11.8 Å². The highest BCUT2D eigenvalue weighted by Crippen LogP contribution is 2.31. The van der Waals surface area contributed by atoms with Gasteiger partial charge in [-0.1, -0.05) is 26.2 Å². The number of unbranched alkanes of at least 4 members (excludes halogenated alkanes) is 1. The molecule has 3 nitrogen and oxygen atoms in total. The van der Waals surface area contributed by atoms with Gasteiger partial charge in [0, 0.05) is 19.5 Å². The van der Waals surface area contributed by atoms with Crippen molar-refractivity contribution in [3.8, 4) is 0 Å². The molecule has 1 amide bonds. The molecular formula is C14H28N2O. The van der Waals surface area contributed by atoms with Gasteiger partial charge in [0.05, 0.1) is 0 Å². The number of nitrogens with zero attached hydrogens (tertiary/aromatic N) is 1. The lowest BCUT2D eigenvalue weighted by Crippen LogP contribution is -2.36. The summed E-state index contributed by atoms with van der Waals surface area (Å²) in [4.78, 5) is 14.2. The first-order valence-electron chi connectivity index (χ1n) is 7.14. The summed E-state index contributed by atoms with van der Waals surface area (Å²) >= 11 is 0. The molecule has 2 N–H and O–H groups in total. The van der Waals surface area contributed by atoms with Gasteiger partial charge in [-0.05, 0) is 38.1 Å². The molecule has 0 heterocycles. The molecule has 0 spiro atoms. The van der Waals surface area contributed by atoms with Crippen LogP contribution in [0.4, 0.5) is 0 Å². The number of hydrogen-bond donors (Lipinski definition) is 1. The minimum absolute atomic E-state index is 0.266. The van der Waals surface area contributed by atoms with Crippen LogP contribution in [-0.4, -0.2) is 30.9 Å². The molecule has 1 aliphatic carbocycles. The fourth-order valence-electron chi connectivity index (χ4n) is 2.83. The van der Waals surface area contributed by atoms with Crippen molar-refractivity contribution in [1.82, 2.24) is 4.90 Å². The summed E-state index contributed by atoms with van der Waals surface area (Å²) in [5.41, 5.74) is 5.61. The van der Waals surface area contributed by atoms with E-state index in [9.17, 15) is 4.79 Å². The average Bonchev–Trinajstić information content (AvgIpc) is 2.35. The minimum Gasteiger partial charge on any atom is -0.346 e. The van der Waals surface area contributed by atoms with Crippen molar-refractivity contribution in [3.63, 3.8) is 0 Å². The van der Waals surface area contributed by atoms with E-state index in [1.165, 1.54) is 12.8 Å². The first-order chi connectivity index (χ1) is 8.19. The van der Waals surface area contributed by atoms with Gasteiger partial charge in [0.1, 0.15) is 0 Å². The molecule has 1 saturated carbocycles. The second kappa shape index (κ2) is 7.70. The maximum atomic E-state index is 12.2. The lowest BCUT2D eigenvalue weighted by atomic mass is 9.79. The Labute approximate surface area is 106 Å². The van der Waals surface area contributed by atoms with Gasteiger partial charge in [0.2, 0.25) is 5.91 Å². The normalized spacial score (nSPS) is 24.6. The SMILES string of the molecule is CCCCN(C)C(=O)C1CCCC(CCN)C1. The van der Waals surface area contributed by atoms with Crippen molar-refractivity contribution in [2.24, 2.45) is 17.6 Å². The molecule has 0 bridgehead atoms. The Morgan fingerprint density at radius 3 is 2.82 bits per heavy atom.